The predicted octanol–water partition coefficient (Wildman–Crippen LogP) is 5.23. The Kier molecular flexibility index (Phi) is 4.76. The van der Waals surface area contributed by atoms with E-state index in [1.165, 1.54) is 64.3 Å². The molecule has 6 rings (SSSR count). The van der Waals surface area contributed by atoms with Crippen molar-refractivity contribution in [3.63, 3.8) is 0 Å². The number of hydrogen-bond donors (Lipinski definition) is 2. The van der Waals surface area contributed by atoms with E-state index in [1.54, 1.807) is 5.57 Å². The Morgan fingerprint density at radius 2 is 1.97 bits per heavy atom. The summed E-state index contributed by atoms with van der Waals surface area (Å²) >= 11 is 0. The summed E-state index contributed by atoms with van der Waals surface area (Å²) in [4.78, 5) is 0. The molecule has 2 heterocycles. The van der Waals surface area contributed by atoms with E-state index >= 15 is 0 Å². The molecule has 168 valence electrons. The van der Waals surface area contributed by atoms with Crippen molar-refractivity contribution in [1.82, 2.24) is 5.32 Å². The minimum Gasteiger partial charge on any atom is -0.393 e. The van der Waals surface area contributed by atoms with Crippen molar-refractivity contribution in [2.24, 2.45) is 35.0 Å². The van der Waals surface area contributed by atoms with E-state index < -0.39 is 0 Å². The summed E-state index contributed by atoms with van der Waals surface area (Å²) in [6.07, 6.45) is 14.1. The van der Waals surface area contributed by atoms with Crippen LogP contribution in [-0.2, 0) is 4.74 Å². The van der Waals surface area contributed by atoms with Gasteiger partial charge in [0.15, 0.2) is 0 Å². The van der Waals surface area contributed by atoms with Crippen LogP contribution in [-0.4, -0.2) is 35.5 Å². The lowest BCUT2D eigenvalue weighted by molar-refractivity contribution is -0.0741. The largest absolute Gasteiger partial charge is 0.393 e. The van der Waals surface area contributed by atoms with Crippen molar-refractivity contribution in [3.8, 4) is 0 Å². The van der Waals surface area contributed by atoms with Crippen LogP contribution in [0.25, 0.3) is 0 Å². The van der Waals surface area contributed by atoms with Gasteiger partial charge < -0.3 is 15.2 Å². The summed E-state index contributed by atoms with van der Waals surface area (Å²) in [5, 5.41) is 14.1. The highest BCUT2D eigenvalue weighted by Gasteiger charge is 2.57. The summed E-state index contributed by atoms with van der Waals surface area (Å²) in [5.74, 6) is 4.08. The fourth-order valence-electron chi connectivity index (χ4n) is 9.42. The molecule has 3 saturated carbocycles. The number of ether oxygens (including phenoxy) is 1. The average Bonchev–Trinajstić information content (AvgIpc) is 3.22. The van der Waals surface area contributed by atoms with E-state index in [-0.39, 0.29) is 11.7 Å². The number of aliphatic hydroxyl groups excluding tert-OH is 1. The Hall–Kier alpha value is -0.380. The van der Waals surface area contributed by atoms with Gasteiger partial charge in [-0.05, 0) is 119 Å². The first-order chi connectivity index (χ1) is 14.4. The van der Waals surface area contributed by atoms with Crippen molar-refractivity contribution in [3.05, 3.63) is 11.1 Å². The number of fused-ring (bicyclic) bond motifs is 6. The molecule has 3 nitrogen and oxygen atoms in total. The highest BCUT2D eigenvalue weighted by Crippen LogP contribution is 2.65. The highest BCUT2D eigenvalue weighted by molar-refractivity contribution is 5.28. The first-order valence-electron chi connectivity index (χ1n) is 13.1. The Morgan fingerprint density at radius 3 is 2.83 bits per heavy atom. The zero-order valence-electron chi connectivity index (χ0n) is 19.5. The molecular weight excluding hydrogens is 370 g/mol. The molecule has 2 aliphatic heterocycles. The molecule has 0 radical (unpaired) electrons. The topological polar surface area (TPSA) is 41.5 Å². The third-order valence-electron chi connectivity index (χ3n) is 11.0. The predicted molar refractivity (Wildman–Crippen MR) is 120 cm³/mol. The molecule has 0 aromatic rings. The normalized spacial score (nSPS) is 55.6. The first-order valence-corrected chi connectivity index (χ1v) is 13.1. The molecule has 3 heteroatoms. The maximum Gasteiger partial charge on any atom is 0.0740 e. The summed E-state index contributed by atoms with van der Waals surface area (Å²) in [6, 6.07) is 0.590. The molecule has 6 aliphatic rings. The van der Waals surface area contributed by atoms with Crippen LogP contribution in [0, 0.1) is 35.0 Å². The van der Waals surface area contributed by atoms with Crippen molar-refractivity contribution < 1.29 is 9.84 Å². The standard InChI is InChI=1S/C27H43NO2/c1-16-10-25-24(28-15-16)14-27(30-25)9-7-20-21-5-4-18-11-19(29)6-8-26(18,3)23(21)12-22(20)17(2)13-27/h16,18-21,23-25,28-29H,4-15H2,1-3H3/t16-,18+,19+,20-,21-,23-,24-,25+,26-,27-/m0/s1. The van der Waals surface area contributed by atoms with Gasteiger partial charge in [0.05, 0.1) is 17.8 Å². The van der Waals surface area contributed by atoms with Crippen LogP contribution in [0.1, 0.15) is 91.4 Å². The van der Waals surface area contributed by atoms with Crippen LogP contribution >= 0.6 is 0 Å². The first kappa shape index (κ1) is 20.2. The van der Waals surface area contributed by atoms with Gasteiger partial charge in [-0.2, -0.15) is 0 Å². The lowest BCUT2D eigenvalue weighted by Crippen LogP contribution is -2.47. The number of rotatable bonds is 0. The number of piperidine rings is 1. The summed E-state index contributed by atoms with van der Waals surface area (Å²) < 4.78 is 6.91. The van der Waals surface area contributed by atoms with Crippen LogP contribution in [0.5, 0.6) is 0 Å². The van der Waals surface area contributed by atoms with Gasteiger partial charge in [0.25, 0.3) is 0 Å². The molecule has 0 unspecified atom stereocenters. The van der Waals surface area contributed by atoms with Crippen molar-refractivity contribution in [2.45, 2.75) is 115 Å². The van der Waals surface area contributed by atoms with Crippen LogP contribution in [0.4, 0.5) is 0 Å². The molecule has 0 aromatic heterocycles. The number of allylic oxidation sites excluding steroid dienone is 1. The fraction of sp³-hybridized carbons (Fsp3) is 0.926. The quantitative estimate of drug-likeness (QED) is 0.535. The molecule has 10 atom stereocenters. The monoisotopic (exact) mass is 413 g/mol. The zero-order valence-corrected chi connectivity index (χ0v) is 19.5. The van der Waals surface area contributed by atoms with Crippen molar-refractivity contribution in [1.29, 1.82) is 0 Å². The van der Waals surface area contributed by atoms with E-state index in [4.69, 9.17) is 4.74 Å². The smallest absolute Gasteiger partial charge is 0.0740 e. The zero-order chi connectivity index (χ0) is 20.7. The second-order valence-corrected chi connectivity index (χ2v) is 12.7. The van der Waals surface area contributed by atoms with Crippen molar-refractivity contribution >= 4 is 0 Å². The fourth-order valence-corrected chi connectivity index (χ4v) is 9.42. The van der Waals surface area contributed by atoms with Gasteiger partial charge >= 0.3 is 0 Å². The van der Waals surface area contributed by atoms with E-state index in [0.29, 0.717) is 17.6 Å². The molecule has 1 spiro atoms. The van der Waals surface area contributed by atoms with E-state index in [0.717, 1.165) is 42.4 Å². The Bertz CT molecular complexity index is 732. The number of hydrogen-bond acceptors (Lipinski definition) is 3. The van der Waals surface area contributed by atoms with Gasteiger partial charge in [0.1, 0.15) is 0 Å². The van der Waals surface area contributed by atoms with Gasteiger partial charge in [0.2, 0.25) is 0 Å². The van der Waals surface area contributed by atoms with E-state index in [1.807, 2.05) is 5.57 Å². The lowest BCUT2D eigenvalue weighted by atomic mass is 9.52. The molecular formula is C27H43NO2. The van der Waals surface area contributed by atoms with Gasteiger partial charge in [-0.1, -0.05) is 25.0 Å². The minimum atomic E-state index is -0.0355. The summed E-state index contributed by atoms with van der Waals surface area (Å²) in [7, 11) is 0. The van der Waals surface area contributed by atoms with Crippen LogP contribution in [0.15, 0.2) is 11.1 Å². The summed E-state index contributed by atoms with van der Waals surface area (Å²) in [5.41, 5.74) is 4.11. The third kappa shape index (κ3) is 3.01. The Morgan fingerprint density at radius 1 is 1.10 bits per heavy atom. The number of nitrogens with one attached hydrogen (secondary N) is 1. The van der Waals surface area contributed by atoms with E-state index in [9.17, 15) is 5.11 Å². The van der Waals surface area contributed by atoms with Crippen LogP contribution < -0.4 is 5.32 Å². The second-order valence-electron chi connectivity index (χ2n) is 12.7. The molecule has 30 heavy (non-hydrogen) atoms. The SMILES string of the molecule is CC1=C2C[C@H]3[C@@H](CC[C@@H]4C[C@H](O)CC[C@@]43C)[C@@H]2CC[C@]2(C1)C[C@@H]1NC[C@@H](C)C[C@H]1O2. The second kappa shape index (κ2) is 7.06. The molecule has 0 aromatic carbocycles. The summed E-state index contributed by atoms with van der Waals surface area (Å²) in [6.45, 7) is 8.59. The van der Waals surface area contributed by atoms with Gasteiger partial charge in [-0.15, -0.1) is 0 Å². The molecule has 4 aliphatic carbocycles. The van der Waals surface area contributed by atoms with E-state index in [2.05, 4.69) is 26.1 Å². The molecule has 0 bridgehead atoms. The minimum absolute atomic E-state index is 0.0355. The third-order valence-corrected chi connectivity index (χ3v) is 11.0. The Balaban J connectivity index is 1.25. The van der Waals surface area contributed by atoms with Gasteiger partial charge in [-0.3, -0.25) is 0 Å². The van der Waals surface area contributed by atoms with Gasteiger partial charge in [0, 0.05) is 6.04 Å². The van der Waals surface area contributed by atoms with Gasteiger partial charge in [-0.25, -0.2) is 0 Å². The molecule has 5 fully saturated rings. The maximum absolute atomic E-state index is 10.3. The highest BCUT2D eigenvalue weighted by atomic mass is 16.5. The van der Waals surface area contributed by atoms with Crippen LogP contribution in [0.3, 0.4) is 0 Å². The molecule has 2 N–H and O–H groups in total. The Labute approximate surface area is 183 Å². The maximum atomic E-state index is 10.3. The average molecular weight is 414 g/mol. The van der Waals surface area contributed by atoms with Crippen molar-refractivity contribution in [2.75, 3.05) is 6.54 Å². The number of aliphatic hydroxyl groups is 1. The lowest BCUT2D eigenvalue weighted by Gasteiger charge is -2.53. The molecule has 0 amide bonds. The van der Waals surface area contributed by atoms with Crippen LogP contribution in [0.2, 0.25) is 0 Å². The molecule has 2 saturated heterocycles.